The van der Waals surface area contributed by atoms with Crippen LogP contribution in [0.3, 0.4) is 0 Å². The summed E-state index contributed by atoms with van der Waals surface area (Å²) in [7, 11) is 0. The van der Waals surface area contributed by atoms with E-state index in [0.29, 0.717) is 45.2 Å². The van der Waals surface area contributed by atoms with Gasteiger partial charge in [0.2, 0.25) is 0 Å². The maximum atomic E-state index is 12.1. The molecule has 2 aliphatic rings. The summed E-state index contributed by atoms with van der Waals surface area (Å²) in [5.41, 5.74) is 2.08. The molecule has 6 heteroatoms. The van der Waals surface area contributed by atoms with Gasteiger partial charge in [0.1, 0.15) is 6.04 Å². The van der Waals surface area contributed by atoms with Gasteiger partial charge in [0.15, 0.2) is 0 Å². The highest BCUT2D eigenvalue weighted by atomic mass is 32.1. The zero-order chi connectivity index (χ0) is 23.1. The minimum absolute atomic E-state index is 0.340. The molecule has 2 fully saturated rings. The van der Waals surface area contributed by atoms with Crippen molar-refractivity contribution >= 4 is 17.3 Å². The van der Waals surface area contributed by atoms with Crippen LogP contribution in [0.15, 0.2) is 59.5 Å². The molecule has 4 rings (SSSR count). The van der Waals surface area contributed by atoms with Crippen LogP contribution in [0, 0.1) is 0 Å². The van der Waals surface area contributed by atoms with Crippen molar-refractivity contribution < 1.29 is 19.4 Å². The molecule has 2 heterocycles. The van der Waals surface area contributed by atoms with Crippen LogP contribution >= 0.6 is 11.3 Å². The minimum Gasteiger partial charge on any atom is -0.480 e. The number of morpholine rings is 1. The van der Waals surface area contributed by atoms with E-state index in [0.717, 1.165) is 25.7 Å². The van der Waals surface area contributed by atoms with Gasteiger partial charge in [-0.25, -0.2) is 0 Å². The largest absolute Gasteiger partial charge is 0.480 e. The number of thiophene rings is 1. The first kappa shape index (κ1) is 24.1. The maximum absolute atomic E-state index is 12.1. The third-order valence-electron chi connectivity index (χ3n) is 7.17. The van der Waals surface area contributed by atoms with Crippen LogP contribution in [0.1, 0.15) is 55.4 Å². The van der Waals surface area contributed by atoms with E-state index in [1.54, 1.807) is 0 Å². The molecule has 1 saturated carbocycles. The summed E-state index contributed by atoms with van der Waals surface area (Å²) in [6, 6.07) is 14.2. The fourth-order valence-corrected chi connectivity index (χ4v) is 6.23. The Labute approximate surface area is 201 Å². The average Bonchev–Trinajstić information content (AvgIpc) is 3.53. The van der Waals surface area contributed by atoms with Crippen molar-refractivity contribution in [3.05, 3.63) is 69.9 Å². The number of carboxylic acid groups (broad SMARTS) is 1. The van der Waals surface area contributed by atoms with Gasteiger partial charge in [-0.3, -0.25) is 9.69 Å². The summed E-state index contributed by atoms with van der Waals surface area (Å²) >= 11 is 1.82. The summed E-state index contributed by atoms with van der Waals surface area (Å²) in [6.45, 7) is 5.21. The van der Waals surface area contributed by atoms with E-state index in [2.05, 4.69) is 47.5 Å². The van der Waals surface area contributed by atoms with Crippen molar-refractivity contribution in [3.8, 4) is 0 Å². The second-order valence-electron chi connectivity index (χ2n) is 9.08. The molecule has 33 heavy (non-hydrogen) atoms. The third kappa shape index (κ3) is 5.93. The van der Waals surface area contributed by atoms with Gasteiger partial charge in [0.05, 0.1) is 25.4 Å². The third-order valence-corrected chi connectivity index (χ3v) is 8.20. The van der Waals surface area contributed by atoms with Crippen molar-refractivity contribution in [1.82, 2.24) is 4.90 Å². The van der Waals surface area contributed by atoms with Crippen LogP contribution in [0.2, 0.25) is 0 Å². The standard InChI is InChI=1S/C27H35NO4S/c1-2-23(10-11-24(26(29)30)28-14-16-31-17-15-28)27(32-20-21-7-4-3-5-8-21)13-12-22(19-27)25-9-6-18-33-25/h2-9,18,22,24H,10-17,19-20H2,1H3,(H,29,30)/b23-2-. The molecule has 0 radical (unpaired) electrons. The molecule has 1 N–H and O–H groups in total. The second kappa shape index (κ2) is 11.4. The lowest BCUT2D eigenvalue weighted by atomic mass is 9.85. The topological polar surface area (TPSA) is 59.0 Å². The molecule has 0 bridgehead atoms. The van der Waals surface area contributed by atoms with Gasteiger partial charge in [-0.05, 0) is 67.5 Å². The number of hydrogen-bond acceptors (Lipinski definition) is 5. The zero-order valence-corrected chi connectivity index (χ0v) is 20.3. The Morgan fingerprint density at radius 2 is 2.06 bits per heavy atom. The SMILES string of the molecule is C/C=C(/CCC(C(=O)O)N1CCOCC1)C1(OCc2ccccc2)CCC(c2cccs2)C1. The van der Waals surface area contributed by atoms with Gasteiger partial charge in [0, 0.05) is 18.0 Å². The van der Waals surface area contributed by atoms with Crippen LogP contribution in [-0.2, 0) is 20.9 Å². The van der Waals surface area contributed by atoms with Crippen molar-refractivity contribution in [1.29, 1.82) is 0 Å². The molecule has 3 atom stereocenters. The van der Waals surface area contributed by atoms with Crippen LogP contribution in [0.4, 0.5) is 0 Å². The normalized spacial score (nSPS) is 25.2. The van der Waals surface area contributed by atoms with Gasteiger partial charge in [-0.15, -0.1) is 11.3 Å². The molecule has 5 nitrogen and oxygen atoms in total. The van der Waals surface area contributed by atoms with E-state index in [4.69, 9.17) is 9.47 Å². The van der Waals surface area contributed by atoms with E-state index >= 15 is 0 Å². The van der Waals surface area contributed by atoms with E-state index in [1.807, 2.05) is 29.5 Å². The summed E-state index contributed by atoms with van der Waals surface area (Å²) in [6.07, 6.45) is 6.52. The lowest BCUT2D eigenvalue weighted by molar-refractivity contribution is -0.145. The van der Waals surface area contributed by atoms with Crippen molar-refractivity contribution in [2.24, 2.45) is 0 Å². The molecule has 1 aliphatic carbocycles. The Morgan fingerprint density at radius 3 is 2.73 bits per heavy atom. The predicted molar refractivity (Wildman–Crippen MR) is 132 cm³/mol. The molecule has 1 aromatic carbocycles. The van der Waals surface area contributed by atoms with E-state index in [-0.39, 0.29) is 5.60 Å². The summed E-state index contributed by atoms with van der Waals surface area (Å²) in [5, 5.41) is 12.1. The molecular weight excluding hydrogens is 434 g/mol. The number of nitrogens with zero attached hydrogens (tertiary/aromatic N) is 1. The van der Waals surface area contributed by atoms with Crippen LogP contribution in [0.25, 0.3) is 0 Å². The van der Waals surface area contributed by atoms with Gasteiger partial charge in [0.25, 0.3) is 0 Å². The highest BCUT2D eigenvalue weighted by Gasteiger charge is 2.44. The predicted octanol–water partition coefficient (Wildman–Crippen LogP) is 5.48. The van der Waals surface area contributed by atoms with Gasteiger partial charge in [-0.2, -0.15) is 0 Å². The number of allylic oxidation sites excluding steroid dienone is 1. The molecule has 178 valence electrons. The highest BCUT2D eigenvalue weighted by Crippen LogP contribution is 2.49. The first-order valence-corrected chi connectivity index (χ1v) is 12.9. The lowest BCUT2D eigenvalue weighted by Gasteiger charge is -2.36. The number of carbonyl (C=O) groups is 1. The Kier molecular flexibility index (Phi) is 8.36. The zero-order valence-electron chi connectivity index (χ0n) is 19.4. The molecule has 2 aromatic rings. The fraction of sp³-hybridized carbons (Fsp3) is 0.519. The number of rotatable bonds is 10. The smallest absolute Gasteiger partial charge is 0.320 e. The van der Waals surface area contributed by atoms with Gasteiger partial charge >= 0.3 is 5.97 Å². The van der Waals surface area contributed by atoms with Gasteiger partial charge in [-0.1, -0.05) is 42.5 Å². The van der Waals surface area contributed by atoms with Crippen LogP contribution < -0.4 is 0 Å². The second-order valence-corrected chi connectivity index (χ2v) is 10.1. The van der Waals surface area contributed by atoms with E-state index in [9.17, 15) is 9.90 Å². The molecule has 1 aliphatic heterocycles. The molecule has 1 aromatic heterocycles. The monoisotopic (exact) mass is 469 g/mol. The molecular formula is C27H35NO4S. The molecule has 0 amide bonds. The number of carboxylic acids is 1. The maximum Gasteiger partial charge on any atom is 0.320 e. The average molecular weight is 470 g/mol. The first-order valence-electron chi connectivity index (χ1n) is 12.0. The van der Waals surface area contributed by atoms with Crippen molar-refractivity contribution in [2.45, 2.75) is 63.2 Å². The Morgan fingerprint density at radius 1 is 1.27 bits per heavy atom. The number of ether oxygens (including phenoxy) is 2. The summed E-state index contributed by atoms with van der Waals surface area (Å²) < 4.78 is 12.2. The fourth-order valence-electron chi connectivity index (χ4n) is 5.37. The van der Waals surface area contributed by atoms with Crippen molar-refractivity contribution in [2.75, 3.05) is 26.3 Å². The van der Waals surface area contributed by atoms with Crippen LogP contribution in [0.5, 0.6) is 0 Å². The Hall–Kier alpha value is -1.99. The molecule has 3 unspecified atom stereocenters. The quantitative estimate of drug-likeness (QED) is 0.467. The molecule has 0 spiro atoms. The first-order chi connectivity index (χ1) is 16.1. The van der Waals surface area contributed by atoms with Crippen LogP contribution in [-0.4, -0.2) is 53.9 Å². The molecule has 1 saturated heterocycles. The Balaban J connectivity index is 1.50. The van der Waals surface area contributed by atoms with Crippen molar-refractivity contribution in [3.63, 3.8) is 0 Å². The van der Waals surface area contributed by atoms with E-state index < -0.39 is 12.0 Å². The lowest BCUT2D eigenvalue weighted by Crippen LogP contribution is -2.47. The minimum atomic E-state index is -0.741. The summed E-state index contributed by atoms with van der Waals surface area (Å²) in [5.74, 6) is -0.250. The Bertz CT molecular complexity index is 907. The number of benzene rings is 1. The summed E-state index contributed by atoms with van der Waals surface area (Å²) in [4.78, 5) is 15.6. The van der Waals surface area contributed by atoms with Gasteiger partial charge < -0.3 is 14.6 Å². The van der Waals surface area contributed by atoms with E-state index in [1.165, 1.54) is 16.0 Å². The number of aliphatic carboxylic acids is 1. The highest BCUT2D eigenvalue weighted by molar-refractivity contribution is 7.10. The number of hydrogen-bond donors (Lipinski definition) is 1.